The van der Waals surface area contributed by atoms with Crippen LogP contribution in [0.3, 0.4) is 0 Å². The van der Waals surface area contributed by atoms with Crippen molar-refractivity contribution >= 4 is 14.8 Å². The van der Waals surface area contributed by atoms with E-state index in [0.29, 0.717) is 23.0 Å². The van der Waals surface area contributed by atoms with Gasteiger partial charge in [0.2, 0.25) is 0 Å². The number of nitrogens with two attached hydrogens (primary N) is 1. The van der Waals surface area contributed by atoms with Crippen LogP contribution in [0.2, 0.25) is 0 Å². The molecule has 0 aliphatic carbocycles. The minimum Gasteiger partial charge on any atom is -0.400 e. The normalized spacial score (nSPS) is 12.9. The van der Waals surface area contributed by atoms with Crippen LogP contribution in [0.5, 0.6) is 23.0 Å². The molecule has 0 saturated carbocycles. The average Bonchev–Trinajstić information content (AvgIpc) is 2.81. The van der Waals surface area contributed by atoms with Gasteiger partial charge in [-0.15, -0.1) is 0 Å². The molecule has 0 aromatic heterocycles. The highest BCUT2D eigenvalue weighted by Gasteiger charge is 2.70. The predicted molar refractivity (Wildman–Crippen MR) is 127 cm³/mol. The minimum absolute atomic E-state index is 0.313. The van der Waals surface area contributed by atoms with Gasteiger partial charge in [0.25, 0.3) is 0 Å². The van der Waals surface area contributed by atoms with Crippen molar-refractivity contribution in [3.63, 3.8) is 0 Å². The van der Waals surface area contributed by atoms with E-state index in [9.17, 15) is 4.57 Å². The molecule has 0 aliphatic rings. The van der Waals surface area contributed by atoms with Crippen LogP contribution in [0.15, 0.2) is 121 Å². The van der Waals surface area contributed by atoms with E-state index in [0.717, 1.165) is 0 Å². The Morgan fingerprint density at radius 1 is 0.500 bits per heavy atom. The van der Waals surface area contributed by atoms with E-state index in [1.165, 1.54) is 0 Å². The van der Waals surface area contributed by atoms with Crippen molar-refractivity contribution in [1.29, 1.82) is 0 Å². The fourth-order valence-corrected chi connectivity index (χ4v) is 7.35. The summed E-state index contributed by atoms with van der Waals surface area (Å²) >= 11 is 0. The summed E-state index contributed by atoms with van der Waals surface area (Å²) in [6.07, 6.45) is 0. The Hall–Kier alpha value is -3.30. The Balaban J connectivity index is 1.82. The molecule has 0 radical (unpaired) electrons. The Morgan fingerprint density at radius 3 is 1.09 bits per heavy atom. The van der Waals surface area contributed by atoms with Gasteiger partial charge in [0.05, 0.1) is 0 Å². The third kappa shape index (κ3) is 5.30. The van der Waals surface area contributed by atoms with Gasteiger partial charge in [-0.1, -0.05) is 72.8 Å². The zero-order valence-electron chi connectivity index (χ0n) is 17.1. The smallest absolute Gasteiger partial charge is 0.400 e. The molecule has 2 N–H and O–H groups in total. The Bertz CT molecular complexity index is 1060. The molecule has 162 valence electrons. The lowest BCUT2D eigenvalue weighted by Crippen LogP contribution is -2.21. The fraction of sp³-hybridized carbons (Fsp3) is 0. The Labute approximate surface area is 187 Å². The largest absolute Gasteiger partial charge is 0.653 e. The molecule has 4 rings (SSSR count). The molecule has 0 spiro atoms. The van der Waals surface area contributed by atoms with E-state index >= 15 is 0 Å². The maximum absolute atomic E-state index is 14.0. The lowest BCUT2D eigenvalue weighted by molar-refractivity contribution is 0.362. The van der Waals surface area contributed by atoms with Crippen LogP contribution in [-0.4, -0.2) is 0 Å². The molecule has 0 fully saturated rings. The fourth-order valence-electron chi connectivity index (χ4n) is 2.75. The summed E-state index contributed by atoms with van der Waals surface area (Å²) in [5.41, 5.74) is 6.38. The van der Waals surface area contributed by atoms with Crippen molar-refractivity contribution in [2.45, 2.75) is 0 Å². The highest BCUT2D eigenvalue weighted by molar-refractivity contribution is 8.33. The monoisotopic (exact) mass is 466 g/mol. The standard InChI is InChI=1S/C24H22NO5P2/c25-31(26,27-21-13-5-1-6-14-21)32(28-22-15-7-2-8-16-22,29-23-17-9-3-10-18-23)30-24-19-11-4-12-20-24/h1-20H,(H2,25,26)/q+1. The molecule has 6 nitrogen and oxygen atoms in total. The van der Waals surface area contributed by atoms with Gasteiger partial charge in [-0.25, -0.2) is 10.1 Å². The first-order valence-corrected chi connectivity index (χ1v) is 13.8. The second-order valence-corrected chi connectivity index (χ2v) is 12.6. The molecular formula is C24H22NO5P2+. The highest BCUT2D eigenvalue weighted by atomic mass is 32.1. The summed E-state index contributed by atoms with van der Waals surface area (Å²) in [4.78, 5) is 0. The van der Waals surface area contributed by atoms with E-state index < -0.39 is 14.8 Å². The first kappa shape index (κ1) is 21.9. The zero-order valence-corrected chi connectivity index (χ0v) is 18.8. The van der Waals surface area contributed by atoms with Crippen LogP contribution in [0.4, 0.5) is 0 Å². The molecule has 0 amide bonds. The minimum atomic E-state index is -4.21. The molecule has 0 bridgehead atoms. The van der Waals surface area contributed by atoms with Gasteiger partial charge in [0, 0.05) is 0 Å². The van der Waals surface area contributed by atoms with Gasteiger partial charge >= 0.3 is 14.8 Å². The maximum Gasteiger partial charge on any atom is 0.653 e. The topological polar surface area (TPSA) is 80.0 Å². The van der Waals surface area contributed by atoms with Crippen molar-refractivity contribution in [1.82, 2.24) is 0 Å². The molecule has 4 aromatic rings. The first-order valence-electron chi connectivity index (χ1n) is 9.83. The quantitative estimate of drug-likeness (QED) is 0.264. The number of rotatable bonds is 9. The van der Waals surface area contributed by atoms with Gasteiger partial charge in [-0.2, -0.15) is 0 Å². The van der Waals surface area contributed by atoms with E-state index in [1.54, 1.807) is 97.1 Å². The number of hydrogen-bond acceptors (Lipinski definition) is 5. The summed E-state index contributed by atoms with van der Waals surface area (Å²) < 4.78 is 38.4. The van der Waals surface area contributed by atoms with Crippen molar-refractivity contribution in [2.24, 2.45) is 5.50 Å². The molecule has 4 aromatic carbocycles. The molecular weight excluding hydrogens is 444 g/mol. The summed E-state index contributed by atoms with van der Waals surface area (Å²) in [5.74, 6) is 1.47. The second kappa shape index (κ2) is 9.88. The molecule has 1 atom stereocenters. The van der Waals surface area contributed by atoms with Crippen LogP contribution in [-0.2, 0) is 4.57 Å². The van der Waals surface area contributed by atoms with Gasteiger partial charge in [0.1, 0.15) is 5.75 Å². The number of para-hydroxylation sites is 4. The molecule has 8 heteroatoms. The summed E-state index contributed by atoms with van der Waals surface area (Å²) in [5, 5.41) is 0. The summed E-state index contributed by atoms with van der Waals surface area (Å²) in [7, 11) is -8.13. The van der Waals surface area contributed by atoms with Crippen LogP contribution >= 0.6 is 14.8 Å². The lowest BCUT2D eigenvalue weighted by Gasteiger charge is -2.25. The summed E-state index contributed by atoms with van der Waals surface area (Å²) in [6.45, 7) is 0. The van der Waals surface area contributed by atoms with E-state index in [2.05, 4.69) is 0 Å². The number of hydrogen-bond donors (Lipinski definition) is 1. The van der Waals surface area contributed by atoms with Gasteiger partial charge in [-0.3, -0.25) is 13.6 Å². The molecule has 32 heavy (non-hydrogen) atoms. The van der Waals surface area contributed by atoms with Gasteiger partial charge < -0.3 is 4.52 Å². The van der Waals surface area contributed by atoms with Crippen molar-refractivity contribution < 1.29 is 22.7 Å². The summed E-state index contributed by atoms with van der Waals surface area (Å²) in [6, 6.07) is 35.1. The zero-order chi connectivity index (χ0) is 22.3. The van der Waals surface area contributed by atoms with Gasteiger partial charge in [0.15, 0.2) is 17.2 Å². The average molecular weight is 466 g/mol. The van der Waals surface area contributed by atoms with Crippen LogP contribution in [0.1, 0.15) is 0 Å². The van der Waals surface area contributed by atoms with Crippen LogP contribution < -0.4 is 23.6 Å². The lowest BCUT2D eigenvalue weighted by atomic mass is 10.3. The third-order valence-corrected chi connectivity index (χ3v) is 9.72. The van der Waals surface area contributed by atoms with Crippen LogP contribution in [0.25, 0.3) is 0 Å². The Kier molecular flexibility index (Phi) is 6.77. The molecule has 0 heterocycles. The van der Waals surface area contributed by atoms with Gasteiger partial charge in [-0.05, 0) is 48.5 Å². The first-order chi connectivity index (χ1) is 15.6. The molecule has 0 aliphatic heterocycles. The molecule has 0 saturated heterocycles. The number of benzene rings is 4. The SMILES string of the molecule is NP(=O)(Oc1ccccc1)[P+](Oc1ccccc1)(Oc1ccccc1)Oc1ccccc1. The van der Waals surface area contributed by atoms with Crippen LogP contribution in [0, 0.1) is 0 Å². The van der Waals surface area contributed by atoms with Crippen molar-refractivity contribution in [3.8, 4) is 23.0 Å². The second-order valence-electron chi connectivity index (χ2n) is 6.65. The molecule has 1 unspecified atom stereocenters. The predicted octanol–water partition coefficient (Wildman–Crippen LogP) is 7.13. The maximum atomic E-state index is 14.0. The van der Waals surface area contributed by atoms with E-state index in [1.807, 2.05) is 24.3 Å². The van der Waals surface area contributed by atoms with Crippen molar-refractivity contribution in [2.75, 3.05) is 0 Å². The van der Waals surface area contributed by atoms with E-state index in [4.69, 9.17) is 23.6 Å². The van der Waals surface area contributed by atoms with Crippen molar-refractivity contribution in [3.05, 3.63) is 121 Å². The third-order valence-electron chi connectivity index (χ3n) is 4.21. The highest BCUT2D eigenvalue weighted by Crippen LogP contribution is 2.84. The Morgan fingerprint density at radius 2 is 0.781 bits per heavy atom. The van der Waals surface area contributed by atoms with E-state index in [-0.39, 0.29) is 0 Å².